The highest BCUT2D eigenvalue weighted by molar-refractivity contribution is 7.91. The SMILES string of the molecule is CN(C)S(=O)(=O)c1ccc(CNC(=O)[C@@H]2CCCN(C(=O)c3ccco3)C2)s1. The van der Waals surface area contributed by atoms with Crippen LogP contribution in [0, 0.1) is 5.92 Å². The van der Waals surface area contributed by atoms with Crippen LogP contribution < -0.4 is 5.32 Å². The van der Waals surface area contributed by atoms with E-state index in [0.29, 0.717) is 19.5 Å². The maximum absolute atomic E-state index is 12.5. The van der Waals surface area contributed by atoms with Crippen LogP contribution in [-0.2, 0) is 21.4 Å². The van der Waals surface area contributed by atoms with Crippen LogP contribution in [0.2, 0.25) is 0 Å². The number of carbonyl (C=O) groups is 2. The molecule has 1 saturated heterocycles. The van der Waals surface area contributed by atoms with E-state index in [1.54, 1.807) is 29.2 Å². The summed E-state index contributed by atoms with van der Waals surface area (Å²) in [6.07, 6.45) is 2.90. The number of hydrogen-bond acceptors (Lipinski definition) is 6. The summed E-state index contributed by atoms with van der Waals surface area (Å²) < 4.78 is 30.8. The number of piperidine rings is 1. The number of thiophene rings is 1. The number of rotatable bonds is 6. The van der Waals surface area contributed by atoms with Crippen molar-refractivity contribution in [1.29, 1.82) is 0 Å². The summed E-state index contributed by atoms with van der Waals surface area (Å²) in [4.78, 5) is 27.3. The van der Waals surface area contributed by atoms with Crippen LogP contribution in [0.3, 0.4) is 0 Å². The second-order valence-corrected chi connectivity index (χ2v) is 10.3. The van der Waals surface area contributed by atoms with Crippen LogP contribution in [-0.4, -0.2) is 56.6 Å². The number of hydrogen-bond donors (Lipinski definition) is 1. The van der Waals surface area contributed by atoms with E-state index in [1.165, 1.54) is 20.4 Å². The molecule has 1 fully saturated rings. The minimum absolute atomic E-state index is 0.137. The Bertz CT molecular complexity index is 934. The fourth-order valence-electron chi connectivity index (χ4n) is 3.02. The lowest BCUT2D eigenvalue weighted by Gasteiger charge is -2.31. The van der Waals surface area contributed by atoms with Gasteiger partial charge in [-0.1, -0.05) is 0 Å². The first kappa shape index (κ1) is 20.6. The summed E-state index contributed by atoms with van der Waals surface area (Å²) in [5.41, 5.74) is 0. The Morgan fingerprint density at radius 2 is 2.11 bits per heavy atom. The molecule has 0 aliphatic carbocycles. The Morgan fingerprint density at radius 3 is 2.79 bits per heavy atom. The second-order valence-electron chi connectivity index (χ2n) is 6.79. The maximum Gasteiger partial charge on any atom is 0.289 e. The average Bonchev–Trinajstić information content (AvgIpc) is 3.37. The molecule has 1 aliphatic heterocycles. The van der Waals surface area contributed by atoms with Gasteiger partial charge in [0.1, 0.15) is 4.21 Å². The molecule has 2 aromatic rings. The summed E-state index contributed by atoms with van der Waals surface area (Å²) in [6.45, 7) is 1.20. The molecule has 0 aromatic carbocycles. The first-order chi connectivity index (χ1) is 13.3. The predicted molar refractivity (Wildman–Crippen MR) is 104 cm³/mol. The van der Waals surface area contributed by atoms with E-state index < -0.39 is 10.0 Å². The van der Waals surface area contributed by atoms with Gasteiger partial charge in [0.2, 0.25) is 5.91 Å². The van der Waals surface area contributed by atoms with Crippen molar-refractivity contribution >= 4 is 33.2 Å². The molecule has 0 saturated carbocycles. The summed E-state index contributed by atoms with van der Waals surface area (Å²) >= 11 is 1.14. The van der Waals surface area contributed by atoms with Gasteiger partial charge >= 0.3 is 0 Å². The van der Waals surface area contributed by atoms with E-state index in [4.69, 9.17) is 4.42 Å². The number of sulfonamides is 1. The number of nitrogens with zero attached hydrogens (tertiary/aromatic N) is 2. The molecule has 1 N–H and O–H groups in total. The molecule has 0 spiro atoms. The van der Waals surface area contributed by atoms with Gasteiger partial charge in [-0.2, -0.15) is 0 Å². The molecule has 152 valence electrons. The normalized spacial score (nSPS) is 17.7. The van der Waals surface area contributed by atoms with Gasteiger partial charge in [0.15, 0.2) is 5.76 Å². The highest BCUT2D eigenvalue weighted by Crippen LogP contribution is 2.24. The van der Waals surface area contributed by atoms with Crippen molar-refractivity contribution in [1.82, 2.24) is 14.5 Å². The zero-order chi connectivity index (χ0) is 20.3. The molecule has 10 heteroatoms. The van der Waals surface area contributed by atoms with Gasteiger partial charge < -0.3 is 14.6 Å². The fraction of sp³-hybridized carbons (Fsp3) is 0.444. The lowest BCUT2D eigenvalue weighted by molar-refractivity contribution is -0.126. The summed E-state index contributed by atoms with van der Waals surface area (Å²) in [5.74, 6) is -0.367. The summed E-state index contributed by atoms with van der Waals surface area (Å²) in [5, 5.41) is 2.86. The van der Waals surface area contributed by atoms with E-state index in [0.717, 1.165) is 26.9 Å². The van der Waals surface area contributed by atoms with Crippen LogP contribution in [0.15, 0.2) is 39.2 Å². The molecule has 2 amide bonds. The quantitative estimate of drug-likeness (QED) is 0.760. The van der Waals surface area contributed by atoms with Crippen molar-refractivity contribution in [2.45, 2.75) is 23.6 Å². The Hall–Kier alpha value is -2.17. The smallest absolute Gasteiger partial charge is 0.289 e. The molecule has 3 rings (SSSR count). The first-order valence-corrected chi connectivity index (χ1v) is 11.2. The largest absolute Gasteiger partial charge is 0.459 e. The monoisotopic (exact) mass is 425 g/mol. The van der Waals surface area contributed by atoms with Gasteiger partial charge in [-0.3, -0.25) is 9.59 Å². The van der Waals surface area contributed by atoms with E-state index in [9.17, 15) is 18.0 Å². The Kier molecular flexibility index (Phi) is 6.21. The molecule has 0 radical (unpaired) electrons. The van der Waals surface area contributed by atoms with E-state index in [1.807, 2.05) is 0 Å². The zero-order valence-electron chi connectivity index (χ0n) is 15.8. The third kappa shape index (κ3) is 4.45. The minimum atomic E-state index is -3.47. The Morgan fingerprint density at radius 1 is 1.32 bits per heavy atom. The Labute approximate surface area is 168 Å². The molecule has 0 bridgehead atoms. The highest BCUT2D eigenvalue weighted by Gasteiger charge is 2.30. The first-order valence-electron chi connectivity index (χ1n) is 8.91. The standard InChI is InChI=1S/C18H23N3O5S2/c1-20(2)28(24,25)16-8-7-14(27-16)11-19-17(22)13-5-3-9-21(12-13)18(23)15-6-4-10-26-15/h4,6-8,10,13H,3,5,9,11-12H2,1-2H3,(H,19,22)/t13-/m1/s1. The molecular weight excluding hydrogens is 402 g/mol. The van der Waals surface area contributed by atoms with Crippen molar-refractivity contribution in [3.05, 3.63) is 41.2 Å². The van der Waals surface area contributed by atoms with Crippen LogP contribution in [0.4, 0.5) is 0 Å². The number of nitrogens with one attached hydrogen (secondary N) is 1. The molecule has 8 nitrogen and oxygen atoms in total. The number of carbonyl (C=O) groups excluding carboxylic acids is 2. The van der Waals surface area contributed by atoms with Crippen LogP contribution >= 0.6 is 11.3 Å². The van der Waals surface area contributed by atoms with Crippen molar-refractivity contribution in [2.75, 3.05) is 27.2 Å². The highest BCUT2D eigenvalue weighted by atomic mass is 32.2. The lowest BCUT2D eigenvalue weighted by Crippen LogP contribution is -2.45. The van der Waals surface area contributed by atoms with E-state index in [2.05, 4.69) is 5.32 Å². The fourth-order valence-corrected chi connectivity index (χ4v) is 5.49. The van der Waals surface area contributed by atoms with Gasteiger partial charge in [0.25, 0.3) is 15.9 Å². The predicted octanol–water partition coefficient (Wildman–Crippen LogP) is 1.76. The minimum Gasteiger partial charge on any atom is -0.459 e. The molecule has 28 heavy (non-hydrogen) atoms. The van der Waals surface area contributed by atoms with E-state index >= 15 is 0 Å². The van der Waals surface area contributed by atoms with Gasteiger partial charge in [0.05, 0.1) is 18.7 Å². The molecule has 3 heterocycles. The van der Waals surface area contributed by atoms with Crippen LogP contribution in [0.5, 0.6) is 0 Å². The topological polar surface area (TPSA) is 99.9 Å². The molecule has 1 atom stereocenters. The molecule has 1 aliphatic rings. The summed E-state index contributed by atoms with van der Waals surface area (Å²) in [6, 6.07) is 6.52. The summed E-state index contributed by atoms with van der Waals surface area (Å²) in [7, 11) is -0.504. The third-order valence-corrected chi connectivity index (χ3v) is 7.99. The van der Waals surface area contributed by atoms with Gasteiger partial charge in [-0.25, -0.2) is 12.7 Å². The van der Waals surface area contributed by atoms with Crippen molar-refractivity contribution in [3.8, 4) is 0 Å². The van der Waals surface area contributed by atoms with Gasteiger partial charge in [0, 0.05) is 32.1 Å². The van der Waals surface area contributed by atoms with Crippen molar-refractivity contribution < 1.29 is 22.4 Å². The van der Waals surface area contributed by atoms with Crippen molar-refractivity contribution in [3.63, 3.8) is 0 Å². The zero-order valence-corrected chi connectivity index (χ0v) is 17.4. The van der Waals surface area contributed by atoms with Crippen molar-refractivity contribution in [2.24, 2.45) is 5.92 Å². The average molecular weight is 426 g/mol. The van der Waals surface area contributed by atoms with Crippen LogP contribution in [0.25, 0.3) is 0 Å². The Balaban J connectivity index is 1.56. The lowest BCUT2D eigenvalue weighted by atomic mass is 9.97. The number of likely N-dealkylation sites (tertiary alicyclic amines) is 1. The van der Waals surface area contributed by atoms with Gasteiger partial charge in [-0.15, -0.1) is 11.3 Å². The van der Waals surface area contributed by atoms with Gasteiger partial charge in [-0.05, 0) is 37.1 Å². The second kappa shape index (κ2) is 8.46. The van der Waals surface area contributed by atoms with Crippen LogP contribution in [0.1, 0.15) is 28.3 Å². The maximum atomic E-state index is 12.5. The van der Waals surface area contributed by atoms with E-state index in [-0.39, 0.29) is 34.2 Å². The third-order valence-electron chi connectivity index (χ3n) is 4.62. The molecule has 0 unspecified atom stereocenters. The number of furan rings is 1. The number of amides is 2. The molecular formula is C18H23N3O5S2. The molecule has 2 aromatic heterocycles.